The van der Waals surface area contributed by atoms with E-state index in [9.17, 15) is 27.0 Å². The maximum Gasteiger partial charge on any atom is 0.181 e. The highest BCUT2D eigenvalue weighted by Gasteiger charge is 2.21. The fourth-order valence-corrected chi connectivity index (χ4v) is 7.03. The normalized spacial score (nSPS) is 12.1. The minimum atomic E-state index is -3.68. The Kier molecular flexibility index (Phi) is 11.6. The molecule has 0 heterocycles. The number of hydrogen-bond donors (Lipinski definition) is 3. The molecule has 0 bridgehead atoms. The fourth-order valence-electron chi connectivity index (χ4n) is 5.34. The van der Waals surface area contributed by atoms with Crippen molar-refractivity contribution in [1.82, 2.24) is 0 Å². The third kappa shape index (κ3) is 8.55. The summed E-state index contributed by atoms with van der Waals surface area (Å²) < 4.78 is 54.5. The van der Waals surface area contributed by atoms with Gasteiger partial charge >= 0.3 is 0 Å². The van der Waals surface area contributed by atoms with Crippen LogP contribution in [0, 0.1) is 0 Å². The third-order valence-electron chi connectivity index (χ3n) is 8.20. The van der Waals surface area contributed by atoms with Crippen LogP contribution in [-0.4, -0.2) is 59.3 Å². The second-order valence-electron chi connectivity index (χ2n) is 11.5. The highest BCUT2D eigenvalue weighted by atomic mass is 32.2. The number of benzene rings is 5. The topological polar surface area (TPSA) is 183 Å². The lowest BCUT2D eigenvalue weighted by atomic mass is 10.1. The Balaban J connectivity index is 1.44. The van der Waals surface area contributed by atoms with Gasteiger partial charge < -0.3 is 25.2 Å². The van der Waals surface area contributed by atoms with Gasteiger partial charge in [0, 0.05) is 54.1 Å². The molecule has 0 aromatic heterocycles. The Morgan fingerprint density at radius 2 is 1.58 bits per heavy atom. The van der Waals surface area contributed by atoms with E-state index >= 15 is 0 Å². The van der Waals surface area contributed by atoms with Crippen LogP contribution in [0.25, 0.3) is 10.8 Å². The number of sulfone groups is 2. The first-order chi connectivity index (χ1) is 24.9. The van der Waals surface area contributed by atoms with Crippen LogP contribution in [0.2, 0.25) is 0 Å². The van der Waals surface area contributed by atoms with E-state index in [2.05, 4.69) is 32.4 Å². The molecule has 0 aliphatic rings. The number of fused-ring (bicyclic) bond motifs is 1. The van der Waals surface area contributed by atoms with Gasteiger partial charge in [0.15, 0.2) is 25.4 Å². The van der Waals surface area contributed by atoms with Crippen molar-refractivity contribution in [3.05, 3.63) is 109 Å². The number of nitrogens with one attached hydrogen (secondary N) is 1. The molecular weight excluding hydrogens is 705 g/mol. The number of hydrogen-bond acceptors (Lipinski definition) is 13. The van der Waals surface area contributed by atoms with Crippen molar-refractivity contribution in [3.63, 3.8) is 0 Å². The molecule has 0 aliphatic heterocycles. The Morgan fingerprint density at radius 3 is 2.27 bits per heavy atom. The Bertz CT molecular complexity index is 2380. The van der Waals surface area contributed by atoms with Crippen molar-refractivity contribution in [2.45, 2.75) is 18.4 Å². The molecule has 15 heteroatoms. The lowest BCUT2D eigenvalue weighted by Gasteiger charge is -2.25. The largest absolute Gasteiger partial charge is 0.506 e. The van der Waals surface area contributed by atoms with Crippen molar-refractivity contribution in [2.24, 2.45) is 20.5 Å². The van der Waals surface area contributed by atoms with Gasteiger partial charge in [0.2, 0.25) is 0 Å². The summed E-state index contributed by atoms with van der Waals surface area (Å²) in [7, 11) is -4.03. The molecular formula is C37H38N6O7S2. The number of nitrogens with zero attached hydrogens (tertiary/aromatic N) is 5. The predicted molar refractivity (Wildman–Crippen MR) is 204 cm³/mol. The van der Waals surface area contributed by atoms with Crippen LogP contribution in [0.1, 0.15) is 12.5 Å². The number of methoxy groups -OCH3 is 1. The number of ether oxygens (including phenoxy) is 1. The van der Waals surface area contributed by atoms with Gasteiger partial charge in [-0.2, -0.15) is 5.11 Å². The third-order valence-corrected chi connectivity index (χ3v) is 11.2. The zero-order valence-corrected chi connectivity index (χ0v) is 30.4. The summed E-state index contributed by atoms with van der Waals surface area (Å²) in [6.07, 6.45) is 0. The monoisotopic (exact) mass is 742 g/mol. The molecule has 0 saturated carbocycles. The van der Waals surface area contributed by atoms with Crippen molar-refractivity contribution < 1.29 is 31.8 Å². The highest BCUT2D eigenvalue weighted by molar-refractivity contribution is 7.94. The van der Waals surface area contributed by atoms with Gasteiger partial charge in [-0.1, -0.05) is 43.8 Å². The number of para-hydroxylation sites is 1. The first kappa shape index (κ1) is 37.5. The van der Waals surface area contributed by atoms with Crippen molar-refractivity contribution in [1.29, 1.82) is 0 Å². The quantitative estimate of drug-likeness (QED) is 0.0886. The molecule has 270 valence electrons. The van der Waals surface area contributed by atoms with Gasteiger partial charge in [0.1, 0.15) is 33.5 Å². The molecule has 0 fully saturated rings. The van der Waals surface area contributed by atoms with Gasteiger partial charge in [0.05, 0.1) is 30.0 Å². The van der Waals surface area contributed by atoms with E-state index in [1.807, 2.05) is 53.4 Å². The van der Waals surface area contributed by atoms with Crippen LogP contribution >= 0.6 is 0 Å². The zero-order valence-electron chi connectivity index (χ0n) is 28.8. The SMILES string of the molecule is C=CS(=O)(=O)CCN(Cc1cccc(/N=N/c2c(NC)ccc3c(O)c(/N=N/c4cc(OC)c(S(=O)(=O)CC)cc4O)ccc23)c1)c1ccccc1. The van der Waals surface area contributed by atoms with E-state index in [0.29, 0.717) is 34.4 Å². The number of phenols is 2. The smallest absolute Gasteiger partial charge is 0.181 e. The summed E-state index contributed by atoms with van der Waals surface area (Å²) >= 11 is 0. The Labute approximate surface area is 302 Å². The van der Waals surface area contributed by atoms with Crippen molar-refractivity contribution in [2.75, 3.05) is 42.4 Å². The maximum absolute atomic E-state index is 12.4. The van der Waals surface area contributed by atoms with Crippen molar-refractivity contribution >= 4 is 64.6 Å². The lowest BCUT2D eigenvalue weighted by molar-refractivity contribution is 0.399. The molecule has 0 aliphatic carbocycles. The Hall–Kier alpha value is -5.80. The maximum atomic E-state index is 12.4. The molecule has 0 spiro atoms. The van der Waals surface area contributed by atoms with Crippen molar-refractivity contribution in [3.8, 4) is 17.2 Å². The minimum absolute atomic E-state index is 0.00367. The van der Waals surface area contributed by atoms with E-state index < -0.39 is 25.4 Å². The number of aromatic hydroxyl groups is 2. The summed E-state index contributed by atoms with van der Waals surface area (Å²) in [5, 5.41) is 44.1. The molecule has 0 atom stereocenters. The Morgan fingerprint density at radius 1 is 0.846 bits per heavy atom. The van der Waals surface area contributed by atoms with Gasteiger partial charge in [-0.15, -0.1) is 15.3 Å². The molecule has 0 unspecified atom stereocenters. The molecule has 52 heavy (non-hydrogen) atoms. The second kappa shape index (κ2) is 16.0. The second-order valence-corrected chi connectivity index (χ2v) is 15.8. The van der Waals surface area contributed by atoms with Gasteiger partial charge in [-0.25, -0.2) is 16.8 Å². The number of rotatable bonds is 15. The fraction of sp³-hybridized carbons (Fsp3) is 0.189. The van der Waals surface area contributed by atoms with E-state index in [0.717, 1.165) is 22.7 Å². The first-order valence-electron chi connectivity index (χ1n) is 16.1. The predicted octanol–water partition coefficient (Wildman–Crippen LogP) is 8.49. The summed E-state index contributed by atoms with van der Waals surface area (Å²) in [5.41, 5.74) is 3.47. The van der Waals surface area contributed by atoms with E-state index in [-0.39, 0.29) is 45.8 Å². The summed E-state index contributed by atoms with van der Waals surface area (Å²) in [4.78, 5) is 1.81. The first-order valence-corrected chi connectivity index (χ1v) is 19.4. The van der Waals surface area contributed by atoms with Crippen LogP contribution in [0.15, 0.2) is 128 Å². The van der Waals surface area contributed by atoms with Gasteiger partial charge in [0.25, 0.3) is 0 Å². The highest BCUT2D eigenvalue weighted by Crippen LogP contribution is 2.44. The van der Waals surface area contributed by atoms with Crippen LogP contribution < -0.4 is 15.0 Å². The standard InChI is InChI=1S/C37H38N6O7S2/c1-5-51(46,47)20-19-43(27-13-8-7-9-14-27)24-25-11-10-12-26(21-25)39-42-36-28-15-18-31(37(45)29(28)16-17-30(36)38-3)40-41-32-22-34(50-4)35(23-33(32)44)52(48,49)6-2/h5,7-18,21-23,38,44-45H,1,6,19-20,24H2,2-4H3/b41-40+,42-39+. The van der Waals surface area contributed by atoms with Crippen LogP contribution in [-0.2, 0) is 26.2 Å². The average Bonchev–Trinajstić information content (AvgIpc) is 3.16. The van der Waals surface area contributed by atoms with E-state index in [1.165, 1.54) is 26.2 Å². The van der Waals surface area contributed by atoms with E-state index in [1.54, 1.807) is 31.3 Å². The lowest BCUT2D eigenvalue weighted by Crippen LogP contribution is -2.28. The van der Waals surface area contributed by atoms with Crippen LogP contribution in [0.3, 0.4) is 0 Å². The molecule has 3 N–H and O–H groups in total. The molecule has 5 rings (SSSR count). The molecule has 0 radical (unpaired) electrons. The number of azo groups is 2. The zero-order chi connectivity index (χ0) is 37.5. The molecule has 5 aromatic carbocycles. The molecule has 13 nitrogen and oxygen atoms in total. The van der Waals surface area contributed by atoms with Crippen LogP contribution in [0.4, 0.5) is 34.1 Å². The minimum Gasteiger partial charge on any atom is -0.506 e. The number of phenolic OH excluding ortho intramolecular Hbond substituents is 2. The van der Waals surface area contributed by atoms with E-state index in [4.69, 9.17) is 4.74 Å². The summed E-state index contributed by atoms with van der Waals surface area (Å²) in [5.74, 6) is -0.874. The summed E-state index contributed by atoms with van der Waals surface area (Å²) in [6.45, 7) is 5.59. The van der Waals surface area contributed by atoms with Gasteiger partial charge in [-0.3, -0.25) is 0 Å². The molecule has 0 saturated heterocycles. The molecule has 0 amide bonds. The number of anilines is 2. The van der Waals surface area contributed by atoms with Crippen LogP contribution in [0.5, 0.6) is 17.2 Å². The summed E-state index contributed by atoms with van der Waals surface area (Å²) in [6, 6.07) is 26.0. The molecule has 5 aromatic rings. The van der Waals surface area contributed by atoms with Gasteiger partial charge in [-0.05, 0) is 54.1 Å². The average molecular weight is 743 g/mol.